The van der Waals surface area contributed by atoms with E-state index in [2.05, 4.69) is 157 Å². The molecule has 0 aromatic heterocycles. The molecule has 0 saturated carbocycles. The van der Waals surface area contributed by atoms with E-state index in [1.165, 1.54) is 22.3 Å². The van der Waals surface area contributed by atoms with E-state index in [1.54, 1.807) is 0 Å². The number of hydrogen-bond acceptors (Lipinski definition) is 0. The van der Waals surface area contributed by atoms with Crippen molar-refractivity contribution in [2.45, 2.75) is 21.0 Å². The van der Waals surface area contributed by atoms with Crippen LogP contribution in [0.25, 0.3) is 0 Å². The van der Waals surface area contributed by atoms with Gasteiger partial charge in [0.15, 0.2) is 0 Å². The second-order valence-corrected chi connectivity index (χ2v) is 8.45. The van der Waals surface area contributed by atoms with Crippen LogP contribution in [0.4, 0.5) is 0 Å². The first kappa shape index (κ1) is 21.3. The Balaban J connectivity index is 1.76. The van der Waals surface area contributed by atoms with Crippen molar-refractivity contribution < 1.29 is 0 Å². The van der Waals surface area contributed by atoms with Crippen LogP contribution in [-0.2, 0) is 4.09 Å². The van der Waals surface area contributed by atoms with E-state index in [0.717, 1.165) is 6.42 Å². The summed E-state index contributed by atoms with van der Waals surface area (Å²) >= 11 is 4.83. The van der Waals surface area contributed by atoms with Gasteiger partial charge in [-0.2, -0.15) is 0 Å². The summed E-state index contributed by atoms with van der Waals surface area (Å²) in [6, 6.07) is 43.9. The Bertz CT molecular complexity index is 952. The molecule has 0 N–H and O–H groups in total. The van der Waals surface area contributed by atoms with Crippen molar-refractivity contribution in [1.82, 2.24) is 0 Å². The summed E-state index contributed by atoms with van der Waals surface area (Å²) in [4.78, 5) is 0. The molecule has 0 amide bonds. The molecular weight excluding hydrogens is 350 g/mol. The van der Waals surface area contributed by atoms with Crippen LogP contribution in [0.15, 0.2) is 121 Å². The summed E-state index contributed by atoms with van der Waals surface area (Å²) in [6.45, 7) is 0. The molecule has 0 nitrogen and oxygen atoms in total. The second-order valence-electron chi connectivity index (χ2n) is 8.45. The van der Waals surface area contributed by atoms with Gasteiger partial charge in [0.05, 0.1) is 0 Å². The van der Waals surface area contributed by atoms with Crippen LogP contribution in [0, 0.1) is 0 Å². The summed E-state index contributed by atoms with van der Waals surface area (Å²) < 4.78 is 0.373. The van der Waals surface area contributed by atoms with E-state index >= 15 is 0 Å². The zero-order valence-corrected chi connectivity index (χ0v) is 17.9. The van der Waals surface area contributed by atoms with Gasteiger partial charge in [0.25, 0.3) is 0 Å². The van der Waals surface area contributed by atoms with Crippen molar-refractivity contribution in [2.24, 2.45) is 0 Å². The predicted molar refractivity (Wildman–Crippen MR) is 128 cm³/mol. The first-order valence-electron chi connectivity index (χ1n) is 10.9. The summed E-state index contributed by atoms with van der Waals surface area (Å²) in [5, 5.41) is 0. The standard InChI is InChI=1S/C28H24.2Li/c1-5-13-23(14-6-1)27(24-15-7-2-8-16-24)21-22-28(25-17-9-3-10-18-25)26-19-11-4-12-20-26;;/h1-21,28H,22H2;;. The van der Waals surface area contributed by atoms with Crippen molar-refractivity contribution >= 4 is 35.4 Å². The molecule has 30 heavy (non-hydrogen) atoms. The minimum atomic E-state index is -0.0651. The first-order valence-corrected chi connectivity index (χ1v) is 10.9. The van der Waals surface area contributed by atoms with Crippen molar-refractivity contribution in [3.8, 4) is 0 Å². The Labute approximate surface area is 199 Å². The van der Waals surface area contributed by atoms with E-state index in [-0.39, 0.29) is 4.09 Å². The molecule has 4 aromatic rings. The van der Waals surface area contributed by atoms with Crippen LogP contribution in [0.1, 0.15) is 34.6 Å². The Hall–Kier alpha value is -1.93. The van der Waals surface area contributed by atoms with Crippen molar-refractivity contribution in [3.05, 3.63) is 144 Å². The average Bonchev–Trinajstić information content (AvgIpc) is 2.84. The second kappa shape index (κ2) is 9.92. The van der Waals surface area contributed by atoms with Crippen molar-refractivity contribution in [1.29, 1.82) is 0 Å². The quantitative estimate of drug-likeness (QED) is 0.334. The number of benzene rings is 4. The Kier molecular flexibility index (Phi) is 7.05. The van der Waals surface area contributed by atoms with Crippen LogP contribution in [0.2, 0.25) is 4.59 Å². The Morgan fingerprint density at radius 3 is 1.23 bits per heavy atom. The van der Waals surface area contributed by atoms with E-state index in [1.807, 2.05) is 0 Å². The van der Waals surface area contributed by atoms with Gasteiger partial charge in [-0.1, -0.05) is 0 Å². The van der Waals surface area contributed by atoms with Gasteiger partial charge in [-0.05, 0) is 0 Å². The van der Waals surface area contributed by atoms with Crippen molar-refractivity contribution in [2.75, 3.05) is 0 Å². The van der Waals surface area contributed by atoms with Crippen LogP contribution >= 0.6 is 0 Å². The van der Waals surface area contributed by atoms with E-state index in [9.17, 15) is 0 Å². The van der Waals surface area contributed by atoms with Crippen LogP contribution in [0.3, 0.4) is 0 Å². The van der Waals surface area contributed by atoms with Crippen LogP contribution in [-0.4, -0.2) is 35.4 Å². The van der Waals surface area contributed by atoms with Crippen LogP contribution < -0.4 is 0 Å². The molecule has 0 fully saturated rings. The first-order chi connectivity index (χ1) is 14.7. The van der Waals surface area contributed by atoms with Gasteiger partial charge in [0.2, 0.25) is 0 Å². The molecule has 4 aromatic carbocycles. The topological polar surface area (TPSA) is 0 Å². The Morgan fingerprint density at radius 1 is 0.533 bits per heavy atom. The molecule has 0 aliphatic rings. The third kappa shape index (κ3) is 4.54. The van der Waals surface area contributed by atoms with Gasteiger partial charge in [-0.15, -0.1) is 0 Å². The van der Waals surface area contributed by atoms with Gasteiger partial charge >= 0.3 is 200 Å². The Morgan fingerprint density at radius 2 is 0.867 bits per heavy atom. The van der Waals surface area contributed by atoms with Crippen LogP contribution in [0.5, 0.6) is 0 Å². The third-order valence-corrected chi connectivity index (χ3v) is 6.73. The summed E-state index contributed by atoms with van der Waals surface area (Å²) in [5.74, 6) is 0.370. The number of rotatable bonds is 7. The summed E-state index contributed by atoms with van der Waals surface area (Å²) in [7, 11) is 0. The van der Waals surface area contributed by atoms with E-state index < -0.39 is 0 Å². The maximum absolute atomic E-state index is 2.42. The monoisotopic (exact) mass is 374 g/mol. The van der Waals surface area contributed by atoms with Gasteiger partial charge in [-0.3, -0.25) is 0 Å². The SMILES string of the molecule is [Li][CH](CC(c1ccccc1)c1ccccc1)[C]([Li])(c1ccccc1)c1ccccc1. The predicted octanol–water partition coefficient (Wildman–Crippen LogP) is 6.28. The normalized spacial score (nSPS) is 12.7. The molecule has 0 heterocycles. The third-order valence-electron chi connectivity index (χ3n) is 6.73. The molecule has 0 bridgehead atoms. The minimum absolute atomic E-state index is 0.0651. The number of hydrogen-bond donors (Lipinski definition) is 0. The molecule has 0 aliphatic carbocycles. The molecule has 4 rings (SSSR count). The fraction of sp³-hybridized carbons (Fsp3) is 0.143. The zero-order valence-electron chi connectivity index (χ0n) is 17.9. The van der Waals surface area contributed by atoms with Crippen molar-refractivity contribution in [3.63, 3.8) is 0 Å². The fourth-order valence-electron chi connectivity index (χ4n) is 4.73. The molecule has 0 saturated heterocycles. The fourth-order valence-corrected chi connectivity index (χ4v) is 4.73. The molecule has 1 atom stereocenters. The molecule has 0 spiro atoms. The summed E-state index contributed by atoms with van der Waals surface area (Å²) in [5.41, 5.74) is 5.53. The van der Waals surface area contributed by atoms with E-state index in [4.69, 9.17) is 0 Å². The summed E-state index contributed by atoms with van der Waals surface area (Å²) in [6.07, 6.45) is 1.08. The van der Waals surface area contributed by atoms with Gasteiger partial charge in [0.1, 0.15) is 0 Å². The van der Waals surface area contributed by atoms with Gasteiger partial charge in [-0.25, -0.2) is 0 Å². The molecular formula is C28H24Li2. The van der Waals surface area contributed by atoms with E-state index in [0.29, 0.717) is 10.5 Å². The molecule has 138 valence electrons. The average molecular weight is 374 g/mol. The molecule has 1 unspecified atom stereocenters. The molecule has 0 aliphatic heterocycles. The van der Waals surface area contributed by atoms with Gasteiger partial charge in [0, 0.05) is 0 Å². The maximum atomic E-state index is 2.42. The molecule has 0 radical (unpaired) electrons. The zero-order chi connectivity index (χ0) is 20.8. The van der Waals surface area contributed by atoms with Gasteiger partial charge < -0.3 is 0 Å². The molecule has 2 heteroatoms.